The van der Waals surface area contributed by atoms with Crippen LogP contribution >= 0.6 is 9.82 Å². The zero-order valence-electron chi connectivity index (χ0n) is 2.49. The first-order chi connectivity index (χ1) is 2.00. The average Bonchev–Trinajstić information content (AvgIpc) is 1.50. The first kappa shape index (κ1) is 23.4. The second-order valence-electron chi connectivity index (χ2n) is 0. The Morgan fingerprint density at radius 1 is 1.17 bits per heavy atom. The van der Waals surface area contributed by atoms with Gasteiger partial charge in [-0.2, -0.15) is 0 Å². The second-order valence-corrected chi connectivity index (χ2v) is 0. The molecular weight excluding hydrogens is 320 g/mol. The Balaban J connectivity index is -0.00000000500. The fraction of sp³-hybridized carbons (Fsp3) is 0. The van der Waals surface area contributed by atoms with Crippen LogP contribution in [0.3, 0.4) is 0 Å². The third kappa shape index (κ3) is 30.3. The molecule has 0 unspecified atom stereocenters. The molecule has 0 radical (unpaired) electrons. The molecule has 38 valence electrons. The van der Waals surface area contributed by atoms with E-state index < -0.39 is 0 Å². The van der Waals surface area contributed by atoms with Gasteiger partial charge < -0.3 is 36.8 Å². The molecule has 0 bridgehead atoms. The van der Waals surface area contributed by atoms with E-state index in [-0.39, 0.29) is 34.6 Å². The molecule has 0 aliphatic rings. The Labute approximate surface area is 84.5 Å². The predicted octanol–water partition coefficient (Wildman–Crippen LogP) is 0.368. The predicted molar refractivity (Wildman–Crippen MR) is 31.1 cm³/mol. The van der Waals surface area contributed by atoms with Crippen LogP contribution in [0.5, 0.6) is 0 Å². The van der Waals surface area contributed by atoms with Crippen molar-refractivity contribution in [2.24, 2.45) is 0 Å². The molecule has 0 aromatic carbocycles. The second kappa shape index (κ2) is 48.2. The standard InChI is InChI=1S/2Mo.S2.H2S.S/c;;1-2;;/h;;;1H2;/q;+2;-2;;/p-1. The van der Waals surface area contributed by atoms with Gasteiger partial charge in [-0.05, 0) is 0 Å². The van der Waals surface area contributed by atoms with Crippen LogP contribution in [0.4, 0.5) is 0 Å². The van der Waals surface area contributed by atoms with E-state index in [1.54, 1.807) is 0 Å². The molecule has 0 N–H and O–H groups in total. The zero-order chi connectivity index (χ0) is 4.00. The van der Waals surface area contributed by atoms with E-state index in [0.29, 0.717) is 0 Å². The molecule has 0 aliphatic heterocycles. The van der Waals surface area contributed by atoms with Crippen molar-refractivity contribution in [2.75, 3.05) is 0 Å². The van der Waals surface area contributed by atoms with Crippen molar-refractivity contribution in [1.29, 1.82) is 0 Å². The van der Waals surface area contributed by atoms with Crippen molar-refractivity contribution >= 4 is 46.6 Å². The number of hydrogen-bond donors (Lipinski definition) is 0. The van der Waals surface area contributed by atoms with Crippen molar-refractivity contribution in [2.45, 2.75) is 0 Å². The molecule has 0 saturated carbocycles. The molecule has 0 nitrogen and oxygen atoms in total. The first-order valence-corrected chi connectivity index (χ1v) is 4.46. The molecule has 0 amide bonds. The van der Waals surface area contributed by atoms with E-state index in [4.69, 9.17) is 0 Å². The average molecular weight is 321 g/mol. The van der Waals surface area contributed by atoms with Crippen molar-refractivity contribution in [3.63, 3.8) is 0 Å². The molecule has 0 saturated heterocycles. The molecular formula is HMo2S4-. The molecule has 0 aromatic heterocycles. The van der Waals surface area contributed by atoms with Gasteiger partial charge in [0.05, 0.1) is 0 Å². The maximum atomic E-state index is 4.09. The summed E-state index contributed by atoms with van der Waals surface area (Å²) < 4.78 is 0. The van der Waals surface area contributed by atoms with Gasteiger partial charge in [0.1, 0.15) is 0 Å². The fourth-order valence-corrected chi connectivity index (χ4v) is 0. The monoisotopic (exact) mass is 325 g/mol. The SMILES string of the molecule is [Mo+2].[S-][S-].[SH-].[S]=[Mo]. The fourth-order valence-electron chi connectivity index (χ4n) is 0. The summed E-state index contributed by atoms with van der Waals surface area (Å²) in [4.78, 5) is 0. The topological polar surface area (TPSA) is 0 Å². The summed E-state index contributed by atoms with van der Waals surface area (Å²) in [6.45, 7) is 0. The van der Waals surface area contributed by atoms with Crippen molar-refractivity contribution in [1.82, 2.24) is 0 Å². The molecule has 0 aliphatic carbocycles. The van der Waals surface area contributed by atoms with Crippen LogP contribution in [0.15, 0.2) is 0 Å². The van der Waals surface area contributed by atoms with Crippen LogP contribution in [0.25, 0.3) is 0 Å². The Morgan fingerprint density at radius 2 is 1.17 bits per heavy atom. The summed E-state index contributed by atoms with van der Waals surface area (Å²) in [6, 6.07) is 0. The molecule has 0 aromatic rings. The minimum absolute atomic E-state index is 0. The van der Waals surface area contributed by atoms with Gasteiger partial charge in [-0.1, -0.05) is 0 Å². The summed E-state index contributed by atoms with van der Waals surface area (Å²) in [5.74, 6) is 0. The van der Waals surface area contributed by atoms with Crippen molar-refractivity contribution < 1.29 is 39.1 Å². The first-order valence-electron chi connectivity index (χ1n) is 0.333. The van der Waals surface area contributed by atoms with E-state index in [9.17, 15) is 0 Å². The Bertz CT molecular complexity index is 5.51. The molecule has 0 atom stereocenters. The maximum absolute atomic E-state index is 4.09. The van der Waals surface area contributed by atoms with Crippen molar-refractivity contribution in [3.8, 4) is 0 Å². The Morgan fingerprint density at radius 3 is 1.17 bits per heavy atom. The normalized spacial score (nSPS) is 1.67. The van der Waals surface area contributed by atoms with Gasteiger partial charge >= 0.3 is 48.9 Å². The number of thiol groups is 1. The third-order valence-electron chi connectivity index (χ3n) is 0. The molecule has 6 heavy (non-hydrogen) atoms. The van der Waals surface area contributed by atoms with Gasteiger partial charge in [0.25, 0.3) is 0 Å². The van der Waals surface area contributed by atoms with E-state index in [1.165, 1.54) is 18.0 Å². The van der Waals surface area contributed by atoms with Gasteiger partial charge in [-0.15, -0.1) is 0 Å². The molecule has 0 rings (SSSR count). The van der Waals surface area contributed by atoms with E-state index in [1.807, 2.05) is 0 Å². The summed E-state index contributed by atoms with van der Waals surface area (Å²) >= 11 is 8.87. The van der Waals surface area contributed by atoms with Crippen LogP contribution < -0.4 is 0 Å². The van der Waals surface area contributed by atoms with Crippen LogP contribution in [-0.4, -0.2) is 0 Å². The molecule has 0 fully saturated rings. The van der Waals surface area contributed by atoms with Crippen molar-refractivity contribution in [3.05, 3.63) is 0 Å². The Kier molecular flexibility index (Phi) is 188. The quantitative estimate of drug-likeness (QED) is 0.273. The van der Waals surface area contributed by atoms with E-state index in [2.05, 4.69) is 33.1 Å². The molecule has 6 heteroatoms. The molecule has 0 spiro atoms. The number of rotatable bonds is 0. The van der Waals surface area contributed by atoms with Crippen LogP contribution in [0.1, 0.15) is 0 Å². The van der Waals surface area contributed by atoms with E-state index in [0.717, 1.165) is 0 Å². The van der Waals surface area contributed by atoms with Crippen LogP contribution in [0, 0.1) is 0 Å². The van der Waals surface area contributed by atoms with Gasteiger partial charge in [-0.25, -0.2) is 0 Å². The van der Waals surface area contributed by atoms with Crippen LogP contribution in [0.2, 0.25) is 0 Å². The Hall–Kier alpha value is 2.65. The van der Waals surface area contributed by atoms with Crippen LogP contribution in [-0.2, 0) is 75.9 Å². The summed E-state index contributed by atoms with van der Waals surface area (Å²) in [5, 5.41) is 0. The third-order valence-corrected chi connectivity index (χ3v) is 0. The summed E-state index contributed by atoms with van der Waals surface area (Å²) in [6.07, 6.45) is 0. The zero-order valence-corrected chi connectivity index (χ0v) is 9.85. The summed E-state index contributed by atoms with van der Waals surface area (Å²) in [5.41, 5.74) is 0. The van der Waals surface area contributed by atoms with Gasteiger partial charge in [0.2, 0.25) is 0 Å². The van der Waals surface area contributed by atoms with Gasteiger partial charge in [0, 0.05) is 0 Å². The van der Waals surface area contributed by atoms with Gasteiger partial charge in [-0.3, -0.25) is 0 Å². The number of hydrogen-bond acceptors (Lipinski definition) is 4. The summed E-state index contributed by atoms with van der Waals surface area (Å²) in [7, 11) is 4.09. The van der Waals surface area contributed by atoms with E-state index >= 15 is 0 Å². The molecule has 0 heterocycles. The van der Waals surface area contributed by atoms with Gasteiger partial charge in [0.15, 0.2) is 0 Å². The minimum atomic E-state index is 0.